The standard InChI is InChI=1S/C21H17N5O5S2/c1-25-18-16(20(28)26(2)21(25)29)19(24-17(23-18)14-4-3-7-32-14)33-9-15(27)22-11-5-6-12-13(8-11)31-10-30-12/h3-8,16H,9-10H2,1-2H3/p+1. The maximum absolute atomic E-state index is 12.9. The first-order valence-corrected chi connectivity index (χ1v) is 11.7. The summed E-state index contributed by atoms with van der Waals surface area (Å²) in [5.74, 6) is 0.382. The Hall–Kier alpha value is -3.51. The number of fused-ring (bicyclic) bond motifs is 2. The smallest absolute Gasteiger partial charge is 0.445 e. The summed E-state index contributed by atoms with van der Waals surface area (Å²) < 4.78 is 12.0. The maximum atomic E-state index is 12.9. The van der Waals surface area contributed by atoms with Gasteiger partial charge in [0.1, 0.15) is 5.04 Å². The Balaban J connectivity index is 1.38. The van der Waals surface area contributed by atoms with Gasteiger partial charge in [-0.1, -0.05) is 22.8 Å². The lowest BCUT2D eigenvalue weighted by molar-refractivity contribution is -0.407. The van der Waals surface area contributed by atoms with E-state index in [0.717, 1.165) is 21.5 Å². The number of hydrogen-bond donors (Lipinski definition) is 1. The molecule has 0 aliphatic carbocycles. The maximum Gasteiger partial charge on any atom is 0.445 e. The molecule has 0 fully saturated rings. The highest BCUT2D eigenvalue weighted by Gasteiger charge is 2.49. The first-order chi connectivity index (χ1) is 15.9. The number of nitrogens with zero attached hydrogens (tertiary/aromatic N) is 4. The van der Waals surface area contributed by atoms with Crippen LogP contribution in [0.25, 0.3) is 0 Å². The number of rotatable bonds is 4. The Morgan fingerprint density at radius 1 is 1.27 bits per heavy atom. The summed E-state index contributed by atoms with van der Waals surface area (Å²) in [4.78, 5) is 49.0. The second-order valence-electron chi connectivity index (χ2n) is 7.30. The summed E-state index contributed by atoms with van der Waals surface area (Å²) in [6, 6.07) is 8.41. The SMILES string of the molecule is CN1C(=O)C2C(SCC(=O)Nc3ccc4c(c3)OCO4)=NC(c3cccs3)=NC2=[N+](C)C1=O. The Bertz CT molecular complexity index is 1270. The summed E-state index contributed by atoms with van der Waals surface area (Å²) in [7, 11) is 2.99. The number of thiophene rings is 1. The zero-order valence-corrected chi connectivity index (χ0v) is 19.2. The van der Waals surface area contributed by atoms with Gasteiger partial charge in [0.25, 0.3) is 5.84 Å². The van der Waals surface area contributed by atoms with Crippen molar-refractivity contribution in [1.29, 1.82) is 0 Å². The summed E-state index contributed by atoms with van der Waals surface area (Å²) in [6.07, 6.45) is 0. The monoisotopic (exact) mass is 484 g/mol. The molecule has 4 amide bonds. The fraction of sp³-hybridized carbons (Fsp3) is 0.238. The first kappa shape index (κ1) is 21.3. The van der Waals surface area contributed by atoms with Crippen LogP contribution in [-0.2, 0) is 9.59 Å². The topological polar surface area (TPSA) is 113 Å². The number of amidine groups is 2. The number of amides is 4. The highest BCUT2D eigenvalue weighted by Crippen LogP contribution is 2.34. The van der Waals surface area contributed by atoms with Crippen molar-refractivity contribution in [1.82, 2.24) is 4.90 Å². The molecule has 1 atom stereocenters. The summed E-state index contributed by atoms with van der Waals surface area (Å²) in [5.41, 5.74) is 0.572. The number of aliphatic imine (C=N–C) groups is 2. The third-order valence-corrected chi connectivity index (χ3v) is 7.08. The van der Waals surface area contributed by atoms with Gasteiger partial charge in [0, 0.05) is 11.8 Å². The highest BCUT2D eigenvalue weighted by molar-refractivity contribution is 8.14. The number of urea groups is 1. The number of imide groups is 1. The molecule has 0 saturated carbocycles. The lowest BCUT2D eigenvalue weighted by atomic mass is 10.0. The first-order valence-electron chi connectivity index (χ1n) is 9.88. The largest absolute Gasteiger partial charge is 0.454 e. The van der Waals surface area contributed by atoms with Crippen LogP contribution in [0.5, 0.6) is 11.5 Å². The minimum absolute atomic E-state index is 0.0173. The molecule has 1 aromatic heterocycles. The molecule has 168 valence electrons. The van der Waals surface area contributed by atoms with Crippen LogP contribution >= 0.6 is 23.1 Å². The molecule has 4 heterocycles. The highest BCUT2D eigenvalue weighted by atomic mass is 32.2. The van der Waals surface area contributed by atoms with Crippen LogP contribution in [0.1, 0.15) is 4.88 Å². The molecule has 3 aliphatic heterocycles. The van der Waals surface area contributed by atoms with Crippen LogP contribution in [0.2, 0.25) is 0 Å². The van der Waals surface area contributed by atoms with Gasteiger partial charge in [0.15, 0.2) is 17.4 Å². The van der Waals surface area contributed by atoms with Gasteiger partial charge in [-0.25, -0.2) is 9.79 Å². The molecule has 0 radical (unpaired) electrons. The van der Waals surface area contributed by atoms with E-state index in [2.05, 4.69) is 15.3 Å². The number of anilines is 1. The van der Waals surface area contributed by atoms with Gasteiger partial charge >= 0.3 is 11.9 Å². The van der Waals surface area contributed by atoms with E-state index in [9.17, 15) is 14.4 Å². The Kier molecular flexibility index (Phi) is 5.46. The van der Waals surface area contributed by atoms with Crippen molar-refractivity contribution in [3.8, 4) is 11.5 Å². The van der Waals surface area contributed by atoms with E-state index in [0.29, 0.717) is 33.9 Å². The number of carbonyl (C=O) groups is 3. The van der Waals surface area contributed by atoms with Crippen molar-refractivity contribution in [2.24, 2.45) is 15.9 Å². The number of thioether (sulfide) groups is 1. The van der Waals surface area contributed by atoms with Gasteiger partial charge in [-0.05, 0) is 23.6 Å². The molecule has 2 aromatic rings. The molecule has 5 rings (SSSR count). The van der Waals surface area contributed by atoms with Crippen molar-refractivity contribution < 1.29 is 28.4 Å². The second-order valence-corrected chi connectivity index (χ2v) is 9.24. The predicted molar refractivity (Wildman–Crippen MR) is 125 cm³/mol. The van der Waals surface area contributed by atoms with E-state index in [1.807, 2.05) is 17.5 Å². The average Bonchev–Trinajstić information content (AvgIpc) is 3.51. The third-order valence-electron chi connectivity index (χ3n) is 5.19. The second kappa shape index (κ2) is 8.45. The van der Waals surface area contributed by atoms with Crippen LogP contribution in [0.4, 0.5) is 10.5 Å². The molecular weight excluding hydrogens is 466 g/mol. The van der Waals surface area contributed by atoms with Gasteiger partial charge in [-0.2, -0.15) is 9.48 Å². The van der Waals surface area contributed by atoms with Gasteiger partial charge < -0.3 is 14.8 Å². The molecule has 0 bridgehead atoms. The van der Waals surface area contributed by atoms with Crippen molar-refractivity contribution >= 4 is 63.3 Å². The molecule has 33 heavy (non-hydrogen) atoms. The molecular formula is C21H18N5O5S2+. The Morgan fingerprint density at radius 3 is 2.88 bits per heavy atom. The quantitative estimate of drug-likeness (QED) is 0.666. The van der Waals surface area contributed by atoms with Crippen LogP contribution in [0.3, 0.4) is 0 Å². The van der Waals surface area contributed by atoms with E-state index in [-0.39, 0.29) is 18.5 Å². The molecule has 1 N–H and O–H groups in total. The van der Waals surface area contributed by atoms with Crippen molar-refractivity contribution in [2.75, 3.05) is 32.0 Å². The van der Waals surface area contributed by atoms with E-state index in [4.69, 9.17) is 9.47 Å². The lowest BCUT2D eigenvalue weighted by Crippen LogP contribution is -2.54. The zero-order chi connectivity index (χ0) is 23.1. The van der Waals surface area contributed by atoms with Gasteiger partial charge in [0.05, 0.1) is 24.7 Å². The number of benzene rings is 1. The van der Waals surface area contributed by atoms with Crippen LogP contribution in [0, 0.1) is 5.92 Å². The Labute approximate surface area is 196 Å². The molecule has 3 aliphatic rings. The molecule has 1 unspecified atom stereocenters. The van der Waals surface area contributed by atoms with Crippen molar-refractivity contribution in [2.45, 2.75) is 0 Å². The number of ether oxygens (including phenoxy) is 2. The average molecular weight is 485 g/mol. The zero-order valence-electron chi connectivity index (χ0n) is 17.6. The predicted octanol–water partition coefficient (Wildman–Crippen LogP) is 2.26. The van der Waals surface area contributed by atoms with Gasteiger partial charge in [0.2, 0.25) is 18.5 Å². The van der Waals surface area contributed by atoms with E-state index >= 15 is 0 Å². The molecule has 0 spiro atoms. The molecule has 1 aromatic carbocycles. The normalized spacial score (nSPS) is 19.3. The van der Waals surface area contributed by atoms with Crippen LogP contribution < -0.4 is 14.8 Å². The van der Waals surface area contributed by atoms with Crippen molar-refractivity contribution in [3.05, 3.63) is 40.6 Å². The van der Waals surface area contributed by atoms with Gasteiger partial charge in [-0.3, -0.25) is 9.59 Å². The van der Waals surface area contributed by atoms with E-state index < -0.39 is 17.9 Å². The van der Waals surface area contributed by atoms with Crippen molar-refractivity contribution in [3.63, 3.8) is 0 Å². The number of hydrogen-bond acceptors (Lipinski definition) is 9. The Morgan fingerprint density at radius 2 is 2.09 bits per heavy atom. The van der Waals surface area contributed by atoms with Gasteiger partial charge in [-0.15, -0.1) is 11.3 Å². The summed E-state index contributed by atoms with van der Waals surface area (Å²) in [6.45, 7) is 0.149. The minimum Gasteiger partial charge on any atom is -0.454 e. The summed E-state index contributed by atoms with van der Waals surface area (Å²) in [5, 5.41) is 5.12. The fourth-order valence-corrected chi connectivity index (χ4v) is 5.05. The molecule has 10 nitrogen and oxygen atoms in total. The third kappa shape index (κ3) is 3.91. The number of carbonyl (C=O) groups excluding carboxylic acids is 3. The van der Waals surface area contributed by atoms with Crippen LogP contribution in [-0.4, -0.2) is 70.7 Å². The lowest BCUT2D eigenvalue weighted by Gasteiger charge is -2.26. The molecule has 0 saturated heterocycles. The molecule has 12 heteroatoms. The van der Waals surface area contributed by atoms with E-state index in [1.165, 1.54) is 23.0 Å². The number of nitrogens with one attached hydrogen (secondary N) is 1. The van der Waals surface area contributed by atoms with Crippen LogP contribution in [0.15, 0.2) is 45.7 Å². The van der Waals surface area contributed by atoms with E-state index in [1.54, 1.807) is 25.2 Å². The minimum atomic E-state index is -0.843. The summed E-state index contributed by atoms with van der Waals surface area (Å²) >= 11 is 2.59. The fourth-order valence-electron chi connectivity index (χ4n) is 3.52.